The average Bonchev–Trinajstić information content (AvgIpc) is 3.54. The second kappa shape index (κ2) is 12.5. The molecule has 0 aromatic carbocycles. The van der Waals surface area contributed by atoms with Gasteiger partial charge in [0.25, 0.3) is 0 Å². The van der Waals surface area contributed by atoms with Crippen LogP contribution >= 0.6 is 0 Å². The molecule has 0 radical (unpaired) electrons. The summed E-state index contributed by atoms with van der Waals surface area (Å²) in [6.07, 6.45) is 6.61. The number of rotatable bonds is 14. The molecule has 0 aromatic heterocycles. The van der Waals surface area contributed by atoms with Crippen molar-refractivity contribution in [2.75, 3.05) is 65.7 Å². The third kappa shape index (κ3) is 5.48. The van der Waals surface area contributed by atoms with Gasteiger partial charge in [0, 0.05) is 39.3 Å². The maximum Gasteiger partial charge on any atom is 0.312 e. The standard InChI is InChI=1S/C27H41N3O7/c1-3-5-6-7-17-36-26(34)21-20-8-9-27(37-20)22(21)24(32)30(13-16-31)23(27)25(33)29(10-4-2)12-11-28-14-18-35-19-15-28/h3-4,20-23,31H,1-2,5-19H2/t20-,21+,22+,23?,27?/m1/s1. The van der Waals surface area contributed by atoms with Crippen LogP contribution in [-0.4, -0.2) is 121 Å². The van der Waals surface area contributed by atoms with Gasteiger partial charge in [-0.1, -0.05) is 12.2 Å². The van der Waals surface area contributed by atoms with Gasteiger partial charge in [-0.3, -0.25) is 19.3 Å². The lowest BCUT2D eigenvalue weighted by molar-refractivity contribution is -0.155. The van der Waals surface area contributed by atoms with Gasteiger partial charge in [-0.2, -0.15) is 0 Å². The molecule has 4 aliphatic heterocycles. The number of esters is 1. The van der Waals surface area contributed by atoms with E-state index in [9.17, 15) is 19.5 Å². The van der Waals surface area contributed by atoms with E-state index < -0.39 is 35.6 Å². The van der Waals surface area contributed by atoms with Gasteiger partial charge in [-0.25, -0.2) is 0 Å². The molecule has 4 heterocycles. The lowest BCUT2D eigenvalue weighted by Gasteiger charge is -2.37. The maximum absolute atomic E-state index is 14.1. The summed E-state index contributed by atoms with van der Waals surface area (Å²) in [4.78, 5) is 46.3. The van der Waals surface area contributed by atoms with E-state index in [1.165, 1.54) is 4.90 Å². The SMILES string of the molecule is C=CCCCCOC(=O)[C@@H]1[C@H]2C(=O)N(CCO)C(C(=O)N(CC=C)CCN3CCOCC3)C23CC[C@H]1O3. The van der Waals surface area contributed by atoms with Crippen LogP contribution in [-0.2, 0) is 28.6 Å². The average molecular weight is 520 g/mol. The minimum absolute atomic E-state index is 0.0101. The Morgan fingerprint density at radius 2 is 1.97 bits per heavy atom. The summed E-state index contributed by atoms with van der Waals surface area (Å²) in [5.74, 6) is -2.49. The second-order valence-corrected chi connectivity index (χ2v) is 10.3. The number of aliphatic hydroxyl groups is 1. The number of amides is 2. The summed E-state index contributed by atoms with van der Waals surface area (Å²) in [5.41, 5.74) is -1.08. The Morgan fingerprint density at radius 3 is 2.68 bits per heavy atom. The minimum Gasteiger partial charge on any atom is -0.465 e. The number of likely N-dealkylation sites (tertiary alicyclic amines) is 1. The van der Waals surface area contributed by atoms with E-state index in [1.54, 1.807) is 11.0 Å². The summed E-state index contributed by atoms with van der Waals surface area (Å²) in [5, 5.41) is 9.76. The van der Waals surface area contributed by atoms with Crippen LogP contribution in [0.3, 0.4) is 0 Å². The van der Waals surface area contributed by atoms with E-state index in [1.807, 2.05) is 6.08 Å². The van der Waals surface area contributed by atoms with Gasteiger partial charge >= 0.3 is 5.97 Å². The molecule has 206 valence electrons. The predicted molar refractivity (Wildman–Crippen MR) is 135 cm³/mol. The van der Waals surface area contributed by atoms with Gasteiger partial charge in [0.2, 0.25) is 11.8 Å². The highest BCUT2D eigenvalue weighted by Crippen LogP contribution is 2.58. The molecule has 37 heavy (non-hydrogen) atoms. The Bertz CT molecular complexity index is 861. The second-order valence-electron chi connectivity index (χ2n) is 10.3. The van der Waals surface area contributed by atoms with Crippen LogP contribution in [0.25, 0.3) is 0 Å². The van der Waals surface area contributed by atoms with Gasteiger partial charge in [-0.05, 0) is 32.1 Å². The van der Waals surface area contributed by atoms with Gasteiger partial charge in [0.1, 0.15) is 11.6 Å². The molecule has 4 aliphatic rings. The molecule has 0 saturated carbocycles. The summed E-state index contributed by atoms with van der Waals surface area (Å²) in [6, 6.07) is -0.891. The zero-order valence-corrected chi connectivity index (χ0v) is 21.7. The summed E-state index contributed by atoms with van der Waals surface area (Å²) >= 11 is 0. The molecule has 2 unspecified atom stereocenters. The van der Waals surface area contributed by atoms with E-state index in [0.717, 1.165) is 32.4 Å². The monoisotopic (exact) mass is 519 g/mol. The number of β-amino-alcohol motifs (C(OH)–C–C–N with tert-alkyl or cyclic N) is 1. The number of unbranched alkanes of at least 4 members (excludes halogenated alkanes) is 2. The molecule has 4 rings (SSSR count). The highest BCUT2D eigenvalue weighted by molar-refractivity contribution is 5.98. The first-order valence-electron chi connectivity index (χ1n) is 13.5. The van der Waals surface area contributed by atoms with Crippen molar-refractivity contribution in [3.8, 4) is 0 Å². The Hall–Kier alpha value is -2.27. The number of ether oxygens (including phenoxy) is 3. The molecule has 2 bridgehead atoms. The summed E-state index contributed by atoms with van der Waals surface area (Å²) in [6.45, 7) is 12.0. The quantitative estimate of drug-likeness (QED) is 0.202. The predicted octanol–water partition coefficient (Wildman–Crippen LogP) is 0.600. The summed E-state index contributed by atoms with van der Waals surface area (Å²) < 4.78 is 17.4. The molecule has 5 atom stereocenters. The van der Waals surface area contributed by atoms with E-state index in [0.29, 0.717) is 45.7 Å². The first-order valence-corrected chi connectivity index (χ1v) is 13.5. The van der Waals surface area contributed by atoms with E-state index in [2.05, 4.69) is 18.1 Å². The number of fused-ring (bicyclic) bond motifs is 1. The highest BCUT2D eigenvalue weighted by Gasteiger charge is 2.75. The Balaban J connectivity index is 1.52. The van der Waals surface area contributed by atoms with Crippen LogP contribution in [0, 0.1) is 11.8 Å². The fraction of sp³-hybridized carbons (Fsp3) is 0.741. The molecule has 10 heteroatoms. The lowest BCUT2D eigenvalue weighted by Crippen LogP contribution is -2.57. The molecule has 10 nitrogen and oxygen atoms in total. The van der Waals surface area contributed by atoms with Gasteiger partial charge in [0.05, 0.1) is 44.4 Å². The molecule has 1 N–H and O–H groups in total. The van der Waals surface area contributed by atoms with E-state index in [4.69, 9.17) is 14.2 Å². The third-order valence-electron chi connectivity index (χ3n) is 8.15. The van der Waals surface area contributed by atoms with Gasteiger partial charge in [0.15, 0.2) is 0 Å². The van der Waals surface area contributed by atoms with Crippen molar-refractivity contribution in [3.05, 3.63) is 25.3 Å². The molecule has 2 amide bonds. The lowest BCUT2D eigenvalue weighted by atomic mass is 9.70. The van der Waals surface area contributed by atoms with Crippen LogP contribution in [0.2, 0.25) is 0 Å². The van der Waals surface area contributed by atoms with Crippen molar-refractivity contribution in [2.45, 2.75) is 49.9 Å². The fourth-order valence-corrected chi connectivity index (χ4v) is 6.42. The molecular weight excluding hydrogens is 478 g/mol. The zero-order chi connectivity index (χ0) is 26.4. The first kappa shape index (κ1) is 27.8. The number of allylic oxidation sites excluding steroid dienone is 1. The zero-order valence-electron chi connectivity index (χ0n) is 21.7. The third-order valence-corrected chi connectivity index (χ3v) is 8.15. The number of carbonyl (C=O) groups excluding carboxylic acids is 3. The number of carbonyl (C=O) groups is 3. The van der Waals surface area contributed by atoms with Crippen molar-refractivity contribution in [1.82, 2.24) is 14.7 Å². The Labute approximate surface area is 219 Å². The minimum atomic E-state index is -1.08. The molecule has 0 aliphatic carbocycles. The number of nitrogens with zero attached hydrogens (tertiary/aromatic N) is 3. The molecular formula is C27H41N3O7. The van der Waals surface area contributed by atoms with Crippen LogP contribution in [0.15, 0.2) is 25.3 Å². The van der Waals surface area contributed by atoms with Crippen molar-refractivity contribution in [1.29, 1.82) is 0 Å². The van der Waals surface area contributed by atoms with Crippen molar-refractivity contribution in [3.63, 3.8) is 0 Å². The smallest absolute Gasteiger partial charge is 0.312 e. The molecule has 1 spiro atoms. The topological polar surface area (TPSA) is 109 Å². The normalized spacial score (nSPS) is 30.8. The number of morpholine rings is 1. The van der Waals surface area contributed by atoms with Gasteiger partial charge in [-0.15, -0.1) is 13.2 Å². The summed E-state index contributed by atoms with van der Waals surface area (Å²) in [7, 11) is 0. The molecule has 4 fully saturated rings. The van der Waals surface area contributed by atoms with Crippen molar-refractivity contribution < 1.29 is 33.7 Å². The highest BCUT2D eigenvalue weighted by atomic mass is 16.6. The number of hydrogen-bond donors (Lipinski definition) is 1. The van der Waals surface area contributed by atoms with Crippen LogP contribution in [0.1, 0.15) is 32.1 Å². The molecule has 0 aromatic rings. The van der Waals surface area contributed by atoms with Crippen molar-refractivity contribution >= 4 is 17.8 Å². The van der Waals surface area contributed by atoms with Crippen molar-refractivity contribution in [2.24, 2.45) is 11.8 Å². The van der Waals surface area contributed by atoms with Crippen LogP contribution < -0.4 is 0 Å². The number of hydrogen-bond acceptors (Lipinski definition) is 8. The Morgan fingerprint density at radius 1 is 1.19 bits per heavy atom. The number of aliphatic hydroxyl groups excluding tert-OH is 1. The van der Waals surface area contributed by atoms with E-state index >= 15 is 0 Å². The molecule has 4 saturated heterocycles. The maximum atomic E-state index is 14.1. The van der Waals surface area contributed by atoms with Crippen LogP contribution in [0.4, 0.5) is 0 Å². The Kier molecular flexibility index (Phi) is 9.39. The van der Waals surface area contributed by atoms with Gasteiger partial charge < -0.3 is 29.1 Å². The fourth-order valence-electron chi connectivity index (χ4n) is 6.42. The van der Waals surface area contributed by atoms with E-state index in [-0.39, 0.29) is 31.6 Å². The first-order chi connectivity index (χ1) is 18.0. The van der Waals surface area contributed by atoms with Crippen LogP contribution in [0.5, 0.6) is 0 Å². The largest absolute Gasteiger partial charge is 0.465 e.